The Balaban J connectivity index is 3.00. The van der Waals surface area contributed by atoms with Crippen molar-refractivity contribution in [3.05, 3.63) is 41.5 Å². The molecule has 0 saturated heterocycles. The Bertz CT molecular complexity index is 873. The number of halogens is 3. The Hall–Kier alpha value is -2.32. The molecule has 1 unspecified atom stereocenters. The number of carbonyl (C=O) groups is 2. The van der Waals surface area contributed by atoms with Gasteiger partial charge in [0, 0.05) is 6.92 Å². The van der Waals surface area contributed by atoms with E-state index in [0.29, 0.717) is 5.57 Å². The lowest BCUT2D eigenvalue weighted by Gasteiger charge is -2.22. The second kappa shape index (κ2) is 11.5. The lowest BCUT2D eigenvalue weighted by atomic mass is 9.98. The largest absolute Gasteiger partial charge is 0.461 e. The van der Waals surface area contributed by atoms with Gasteiger partial charge in [0.05, 0.1) is 17.1 Å². The normalized spacial score (nSPS) is 14.4. The quantitative estimate of drug-likeness (QED) is 0.183. The number of esters is 2. The average Bonchev–Trinajstić information content (AvgIpc) is 2.65. The average molecular weight is 480 g/mol. The van der Waals surface area contributed by atoms with Crippen molar-refractivity contribution in [1.82, 2.24) is 0 Å². The molecule has 11 heteroatoms. The van der Waals surface area contributed by atoms with Gasteiger partial charge in [0.25, 0.3) is 0 Å². The number of ether oxygens (including phenoxy) is 2. The third-order valence-electron chi connectivity index (χ3n) is 3.88. The number of alkyl halides is 3. The third-order valence-corrected chi connectivity index (χ3v) is 5.66. The predicted molar refractivity (Wildman–Crippen MR) is 111 cm³/mol. The van der Waals surface area contributed by atoms with Gasteiger partial charge in [0.15, 0.2) is 0 Å². The molecule has 7 nitrogen and oxygen atoms in total. The number of carbonyl (C=O) groups excluding carboxylic acids is 2. The molecule has 0 amide bonds. The maximum Gasteiger partial charge on any atom is 0.419 e. The summed E-state index contributed by atoms with van der Waals surface area (Å²) < 4.78 is 73.2. The van der Waals surface area contributed by atoms with Gasteiger partial charge in [0.1, 0.15) is 12.4 Å². The van der Waals surface area contributed by atoms with Crippen LogP contribution >= 0.6 is 7.60 Å². The number of para-hydroxylation sites is 1. The van der Waals surface area contributed by atoms with Crippen LogP contribution < -0.4 is 4.52 Å². The van der Waals surface area contributed by atoms with E-state index in [1.165, 1.54) is 19.1 Å². The van der Waals surface area contributed by atoms with Crippen LogP contribution in [0.4, 0.5) is 13.2 Å². The van der Waals surface area contributed by atoms with Crippen molar-refractivity contribution >= 4 is 19.5 Å². The number of hydrogen-bond donors (Lipinski definition) is 0. The zero-order valence-corrected chi connectivity index (χ0v) is 19.5. The van der Waals surface area contributed by atoms with Gasteiger partial charge < -0.3 is 14.0 Å². The van der Waals surface area contributed by atoms with E-state index >= 15 is 0 Å². The van der Waals surface area contributed by atoms with Gasteiger partial charge >= 0.3 is 25.7 Å². The maximum absolute atomic E-state index is 13.3. The Morgan fingerprint density at radius 1 is 1.06 bits per heavy atom. The highest BCUT2D eigenvalue weighted by Crippen LogP contribution is 2.51. The van der Waals surface area contributed by atoms with Gasteiger partial charge in [-0.25, -0.2) is 4.57 Å². The van der Waals surface area contributed by atoms with E-state index in [4.69, 9.17) is 18.5 Å². The topological polar surface area (TPSA) is 88.1 Å². The van der Waals surface area contributed by atoms with E-state index in [0.717, 1.165) is 12.1 Å². The van der Waals surface area contributed by atoms with Gasteiger partial charge in [-0.3, -0.25) is 14.1 Å². The molecule has 1 atom stereocenters. The van der Waals surface area contributed by atoms with Gasteiger partial charge in [0.2, 0.25) is 6.79 Å². The first kappa shape index (κ1) is 27.7. The Morgan fingerprint density at radius 2 is 1.69 bits per heavy atom. The van der Waals surface area contributed by atoms with E-state index in [-0.39, 0.29) is 19.2 Å². The molecule has 0 bridgehead atoms. The van der Waals surface area contributed by atoms with E-state index in [2.05, 4.69) is 0 Å². The van der Waals surface area contributed by atoms with Crippen LogP contribution in [0.15, 0.2) is 35.9 Å². The molecule has 0 spiro atoms. The van der Waals surface area contributed by atoms with Crippen molar-refractivity contribution < 1.29 is 45.8 Å². The Labute approximate surface area is 185 Å². The highest BCUT2D eigenvalue weighted by molar-refractivity contribution is 7.54. The molecule has 32 heavy (non-hydrogen) atoms. The second-order valence-corrected chi connectivity index (χ2v) is 10.1. The van der Waals surface area contributed by atoms with E-state index in [9.17, 15) is 27.3 Å². The minimum atomic E-state index is -4.74. The number of hydrogen-bond acceptors (Lipinski definition) is 7. The summed E-state index contributed by atoms with van der Waals surface area (Å²) in [7, 11) is -4.17. The SMILES string of the molecule is CC(=O)OC/C(C)=C/CCP(=O)(OCOC(=O)C(C)(C)C)Oc1ccccc1C(F)(F)F. The minimum Gasteiger partial charge on any atom is -0.461 e. The number of benzene rings is 1. The van der Waals surface area contributed by atoms with Crippen LogP contribution in [0.1, 0.15) is 46.6 Å². The van der Waals surface area contributed by atoms with Crippen molar-refractivity contribution in [2.75, 3.05) is 19.6 Å². The van der Waals surface area contributed by atoms with Crippen LogP contribution in [-0.4, -0.2) is 31.5 Å². The van der Waals surface area contributed by atoms with Crippen molar-refractivity contribution in [2.24, 2.45) is 5.41 Å². The fraction of sp³-hybridized carbons (Fsp3) is 0.524. The molecule has 0 heterocycles. The molecule has 0 saturated carbocycles. The predicted octanol–water partition coefficient (Wildman–Crippen LogP) is 5.74. The van der Waals surface area contributed by atoms with Crippen molar-refractivity contribution in [1.29, 1.82) is 0 Å². The molecule has 1 aromatic carbocycles. The summed E-state index contributed by atoms with van der Waals surface area (Å²) in [5, 5.41) is 0. The molecule has 0 aliphatic heterocycles. The highest BCUT2D eigenvalue weighted by Gasteiger charge is 2.37. The van der Waals surface area contributed by atoms with Crippen molar-refractivity contribution in [3.63, 3.8) is 0 Å². The van der Waals surface area contributed by atoms with Crippen LogP contribution in [0.5, 0.6) is 5.75 Å². The van der Waals surface area contributed by atoms with Crippen LogP contribution in [0.3, 0.4) is 0 Å². The molecule has 180 valence electrons. The summed E-state index contributed by atoms with van der Waals surface area (Å²) in [6, 6.07) is 4.30. The standard InChI is InChI=1S/C21H28F3O7P/c1-15(13-28-16(2)25)9-8-12-32(27,30-14-29-19(26)20(3,4)5)31-18-11-7-6-10-17(18)21(22,23)24/h6-7,9-11H,8,12-14H2,1-5H3/b15-9+. The summed E-state index contributed by atoms with van der Waals surface area (Å²) in [6.07, 6.45) is -3.35. The maximum atomic E-state index is 13.3. The van der Waals surface area contributed by atoms with Crippen LogP contribution in [-0.2, 0) is 34.3 Å². The third kappa shape index (κ3) is 9.87. The van der Waals surface area contributed by atoms with Crippen molar-refractivity contribution in [3.8, 4) is 5.75 Å². The molecular weight excluding hydrogens is 452 g/mol. The fourth-order valence-electron chi connectivity index (χ4n) is 2.19. The first-order valence-corrected chi connectivity index (χ1v) is 11.4. The summed E-state index contributed by atoms with van der Waals surface area (Å²) >= 11 is 0. The first-order chi connectivity index (χ1) is 14.6. The lowest BCUT2D eigenvalue weighted by molar-refractivity contribution is -0.159. The molecule has 0 N–H and O–H groups in total. The van der Waals surface area contributed by atoms with Gasteiger partial charge in [-0.1, -0.05) is 18.2 Å². The number of allylic oxidation sites excluding steroid dienone is 1. The molecule has 0 fully saturated rings. The lowest BCUT2D eigenvalue weighted by Crippen LogP contribution is -2.24. The van der Waals surface area contributed by atoms with Crippen LogP contribution in [0.2, 0.25) is 0 Å². The monoisotopic (exact) mass is 480 g/mol. The van der Waals surface area contributed by atoms with Gasteiger partial charge in [-0.15, -0.1) is 0 Å². The van der Waals surface area contributed by atoms with Crippen LogP contribution in [0, 0.1) is 5.41 Å². The second-order valence-electron chi connectivity index (χ2n) is 7.97. The summed E-state index contributed by atoms with van der Waals surface area (Å²) in [6.45, 7) is 6.98. The zero-order chi connectivity index (χ0) is 24.6. The molecule has 0 aliphatic carbocycles. The van der Waals surface area contributed by atoms with E-state index in [1.54, 1.807) is 33.8 Å². The molecular formula is C21H28F3O7P. The van der Waals surface area contributed by atoms with E-state index in [1.807, 2.05) is 0 Å². The highest BCUT2D eigenvalue weighted by atomic mass is 31.2. The Morgan fingerprint density at radius 3 is 2.25 bits per heavy atom. The molecule has 0 aliphatic rings. The zero-order valence-electron chi connectivity index (χ0n) is 18.7. The molecule has 1 aromatic rings. The molecule has 0 radical (unpaired) electrons. The van der Waals surface area contributed by atoms with Gasteiger partial charge in [-0.05, 0) is 51.8 Å². The molecule has 1 rings (SSSR count). The van der Waals surface area contributed by atoms with Gasteiger partial charge in [-0.2, -0.15) is 13.2 Å². The van der Waals surface area contributed by atoms with Crippen molar-refractivity contribution in [2.45, 2.75) is 47.2 Å². The van der Waals surface area contributed by atoms with Crippen LogP contribution in [0.25, 0.3) is 0 Å². The number of rotatable bonds is 10. The summed E-state index contributed by atoms with van der Waals surface area (Å²) in [5.41, 5.74) is -1.33. The Kier molecular flexibility index (Phi) is 9.97. The summed E-state index contributed by atoms with van der Waals surface area (Å²) in [4.78, 5) is 22.8. The first-order valence-electron chi connectivity index (χ1n) is 9.70. The van der Waals surface area contributed by atoms with E-state index < -0.39 is 49.2 Å². The summed E-state index contributed by atoms with van der Waals surface area (Å²) in [5.74, 6) is -1.78. The fourth-order valence-corrected chi connectivity index (χ4v) is 3.58. The minimum absolute atomic E-state index is 0.0153. The molecule has 0 aromatic heterocycles. The smallest absolute Gasteiger partial charge is 0.419 e.